The molecular weight excluding hydrogens is 201 g/mol. The van der Waals surface area contributed by atoms with Crippen molar-refractivity contribution < 1.29 is 9.31 Å². The van der Waals surface area contributed by atoms with E-state index in [4.69, 9.17) is 0 Å². The molecule has 0 aromatic carbocycles. The van der Waals surface area contributed by atoms with E-state index >= 15 is 0 Å². The molecule has 1 saturated heterocycles. The predicted molar refractivity (Wildman–Crippen MR) is 52.6 cm³/mol. The first-order valence-corrected chi connectivity index (χ1v) is 4.65. The maximum atomic E-state index is 12.9. The van der Waals surface area contributed by atoms with Gasteiger partial charge in [0, 0.05) is 19.2 Å². The molecule has 2 rings (SSSR count). The van der Waals surface area contributed by atoms with Gasteiger partial charge in [-0.25, -0.2) is 4.39 Å². The van der Waals surface area contributed by atoms with Gasteiger partial charge in [0.2, 0.25) is 0 Å². The molecule has 1 atom stereocenters. The monoisotopic (exact) mass is 211 g/mol. The molecule has 1 aromatic heterocycles. The van der Waals surface area contributed by atoms with Crippen LogP contribution in [0.25, 0.3) is 0 Å². The van der Waals surface area contributed by atoms with Crippen LogP contribution in [0.3, 0.4) is 0 Å². The summed E-state index contributed by atoms with van der Waals surface area (Å²) < 4.78 is 12.9. The lowest BCUT2D eigenvalue weighted by Crippen LogP contribution is -2.20. The Labute approximate surface area is 85.7 Å². The summed E-state index contributed by atoms with van der Waals surface area (Å²) in [5, 5.41) is 10.5. The van der Waals surface area contributed by atoms with Crippen molar-refractivity contribution >= 4 is 11.4 Å². The molecule has 1 aliphatic rings. The van der Waals surface area contributed by atoms with Crippen molar-refractivity contribution in [1.29, 1.82) is 0 Å². The van der Waals surface area contributed by atoms with E-state index in [1.165, 1.54) is 18.5 Å². The van der Waals surface area contributed by atoms with Gasteiger partial charge in [-0.05, 0) is 6.42 Å². The van der Waals surface area contributed by atoms with E-state index in [0.29, 0.717) is 25.2 Å². The second-order valence-electron chi connectivity index (χ2n) is 3.49. The van der Waals surface area contributed by atoms with E-state index in [0.717, 1.165) is 0 Å². The third-order valence-electron chi connectivity index (χ3n) is 2.42. The van der Waals surface area contributed by atoms with Gasteiger partial charge in [0.1, 0.15) is 12.4 Å². The van der Waals surface area contributed by atoms with E-state index in [1.807, 2.05) is 0 Å². The first-order valence-electron chi connectivity index (χ1n) is 4.65. The molecule has 0 aliphatic carbocycles. The molecule has 0 radical (unpaired) electrons. The number of halogens is 1. The summed E-state index contributed by atoms with van der Waals surface area (Å²) in [7, 11) is 0. The Morgan fingerprint density at radius 3 is 3.00 bits per heavy atom. The second-order valence-corrected chi connectivity index (χ2v) is 3.49. The Morgan fingerprint density at radius 2 is 2.40 bits per heavy atom. The third kappa shape index (κ3) is 2.03. The lowest BCUT2D eigenvalue weighted by molar-refractivity contribution is -0.385. The van der Waals surface area contributed by atoms with Crippen molar-refractivity contribution in [3.8, 4) is 0 Å². The molecule has 0 N–H and O–H groups in total. The molecule has 1 aliphatic heterocycles. The molecule has 0 amide bonds. The van der Waals surface area contributed by atoms with Crippen molar-refractivity contribution in [1.82, 2.24) is 4.98 Å². The normalized spacial score (nSPS) is 20.6. The minimum absolute atomic E-state index is 0.0604. The van der Waals surface area contributed by atoms with Crippen molar-refractivity contribution in [3.05, 3.63) is 28.6 Å². The Morgan fingerprint density at radius 1 is 1.60 bits per heavy atom. The van der Waals surface area contributed by atoms with E-state index in [-0.39, 0.29) is 5.69 Å². The van der Waals surface area contributed by atoms with Gasteiger partial charge >= 0.3 is 0 Å². The number of pyridine rings is 1. The molecule has 2 heterocycles. The molecule has 6 heteroatoms. The van der Waals surface area contributed by atoms with Gasteiger partial charge in [-0.15, -0.1) is 0 Å². The summed E-state index contributed by atoms with van der Waals surface area (Å²) in [5.41, 5.74) is 0.555. The topological polar surface area (TPSA) is 59.3 Å². The highest BCUT2D eigenvalue weighted by Gasteiger charge is 2.23. The molecule has 5 nitrogen and oxygen atoms in total. The zero-order chi connectivity index (χ0) is 10.8. The fourth-order valence-electron chi connectivity index (χ4n) is 1.64. The van der Waals surface area contributed by atoms with Crippen LogP contribution in [-0.4, -0.2) is 29.2 Å². The van der Waals surface area contributed by atoms with Crippen LogP contribution in [0.1, 0.15) is 6.42 Å². The Balaban J connectivity index is 2.21. The summed E-state index contributed by atoms with van der Waals surface area (Å²) in [6.07, 6.45) is 2.34. The van der Waals surface area contributed by atoms with Crippen LogP contribution in [0.4, 0.5) is 15.8 Å². The SMILES string of the molecule is O=[N+]([O-])c1cncc(N2CCC(F)C2)c1. The van der Waals surface area contributed by atoms with Gasteiger partial charge in [-0.1, -0.05) is 0 Å². The molecule has 1 unspecified atom stereocenters. The van der Waals surface area contributed by atoms with Crippen LogP contribution in [0.5, 0.6) is 0 Å². The van der Waals surface area contributed by atoms with Crippen LogP contribution in [0.15, 0.2) is 18.5 Å². The Kier molecular flexibility index (Phi) is 2.49. The summed E-state index contributed by atoms with van der Waals surface area (Å²) >= 11 is 0. The highest BCUT2D eigenvalue weighted by molar-refractivity contribution is 5.51. The molecule has 0 bridgehead atoms. The predicted octanol–water partition coefficient (Wildman–Crippen LogP) is 1.54. The molecule has 0 spiro atoms. The molecule has 1 aromatic rings. The van der Waals surface area contributed by atoms with Crippen LogP contribution in [0, 0.1) is 10.1 Å². The van der Waals surface area contributed by atoms with Crippen molar-refractivity contribution in [3.63, 3.8) is 0 Å². The van der Waals surface area contributed by atoms with Gasteiger partial charge in [0.15, 0.2) is 0 Å². The van der Waals surface area contributed by atoms with Gasteiger partial charge in [0.05, 0.1) is 16.8 Å². The fraction of sp³-hybridized carbons (Fsp3) is 0.444. The molecule has 80 valence electrons. The number of nitrogens with zero attached hydrogens (tertiary/aromatic N) is 3. The maximum absolute atomic E-state index is 12.9. The number of anilines is 1. The lowest BCUT2D eigenvalue weighted by atomic mass is 10.3. The Bertz CT molecular complexity index is 385. The quantitative estimate of drug-likeness (QED) is 0.550. The summed E-state index contributed by atoms with van der Waals surface area (Å²) in [6, 6.07) is 1.42. The zero-order valence-electron chi connectivity index (χ0n) is 7.97. The highest BCUT2D eigenvalue weighted by Crippen LogP contribution is 2.24. The van der Waals surface area contributed by atoms with Crippen LogP contribution >= 0.6 is 0 Å². The molecule has 0 saturated carbocycles. The maximum Gasteiger partial charge on any atom is 0.289 e. The highest BCUT2D eigenvalue weighted by atomic mass is 19.1. The van der Waals surface area contributed by atoms with Crippen molar-refractivity contribution in [2.24, 2.45) is 0 Å². The number of aromatic nitrogens is 1. The molecular formula is C9H10FN3O2. The number of hydrogen-bond donors (Lipinski definition) is 0. The first-order chi connectivity index (χ1) is 7.16. The fourth-order valence-corrected chi connectivity index (χ4v) is 1.64. The number of hydrogen-bond acceptors (Lipinski definition) is 4. The van der Waals surface area contributed by atoms with Crippen LogP contribution in [-0.2, 0) is 0 Å². The van der Waals surface area contributed by atoms with Crippen LogP contribution in [0.2, 0.25) is 0 Å². The standard InChI is InChI=1S/C9H10FN3O2/c10-7-1-2-12(6-7)8-3-9(13(14)15)5-11-4-8/h3-5,7H,1-2,6H2. The van der Waals surface area contributed by atoms with E-state index in [2.05, 4.69) is 4.98 Å². The van der Waals surface area contributed by atoms with Gasteiger partial charge in [-0.3, -0.25) is 15.1 Å². The smallest absolute Gasteiger partial charge is 0.289 e. The largest absolute Gasteiger partial charge is 0.367 e. The zero-order valence-corrected chi connectivity index (χ0v) is 7.97. The van der Waals surface area contributed by atoms with Crippen molar-refractivity contribution in [2.45, 2.75) is 12.6 Å². The summed E-state index contributed by atoms with van der Waals surface area (Å²) in [5.74, 6) is 0. The number of nitro groups is 1. The summed E-state index contributed by atoms with van der Waals surface area (Å²) in [4.78, 5) is 15.5. The minimum atomic E-state index is -0.843. The van der Waals surface area contributed by atoms with Gasteiger partial charge < -0.3 is 4.90 Å². The molecule has 15 heavy (non-hydrogen) atoms. The van der Waals surface area contributed by atoms with E-state index < -0.39 is 11.1 Å². The van der Waals surface area contributed by atoms with Gasteiger partial charge in [-0.2, -0.15) is 0 Å². The second kappa shape index (κ2) is 3.80. The minimum Gasteiger partial charge on any atom is -0.367 e. The average Bonchev–Trinajstić information content (AvgIpc) is 2.65. The lowest BCUT2D eigenvalue weighted by Gasteiger charge is -2.16. The third-order valence-corrected chi connectivity index (χ3v) is 2.42. The van der Waals surface area contributed by atoms with Crippen molar-refractivity contribution in [2.75, 3.05) is 18.0 Å². The van der Waals surface area contributed by atoms with E-state index in [1.54, 1.807) is 4.90 Å². The van der Waals surface area contributed by atoms with Crippen LogP contribution < -0.4 is 4.90 Å². The average molecular weight is 211 g/mol. The first kappa shape index (κ1) is 9.82. The van der Waals surface area contributed by atoms with E-state index in [9.17, 15) is 14.5 Å². The Hall–Kier alpha value is -1.72. The summed E-state index contributed by atoms with van der Waals surface area (Å²) in [6.45, 7) is 0.882. The van der Waals surface area contributed by atoms with Gasteiger partial charge in [0.25, 0.3) is 5.69 Å². The number of rotatable bonds is 2. The molecule has 1 fully saturated rings. The number of alkyl halides is 1.